The normalized spacial score (nSPS) is 18.0. The van der Waals surface area contributed by atoms with Crippen molar-refractivity contribution in [3.05, 3.63) is 23.8 Å². The molecule has 3 heterocycles. The summed E-state index contributed by atoms with van der Waals surface area (Å²) in [5, 5.41) is 8.00. The van der Waals surface area contributed by atoms with Crippen LogP contribution in [-0.2, 0) is 16.6 Å². The van der Waals surface area contributed by atoms with Gasteiger partial charge < -0.3 is 14.5 Å². The molecule has 2 aliphatic rings. The number of aryl methyl sites for hydroxylation is 1. The van der Waals surface area contributed by atoms with Crippen molar-refractivity contribution in [2.24, 2.45) is 7.05 Å². The number of piperidine rings is 1. The number of rotatable bonds is 6. The number of carbonyl (C=O) groups excluding carboxylic acids is 3. The molecule has 1 aromatic heterocycles. The lowest BCUT2D eigenvalue weighted by molar-refractivity contribution is -0.120. The lowest BCUT2D eigenvalue weighted by Crippen LogP contribution is -2.49. The lowest BCUT2D eigenvalue weighted by Gasteiger charge is -2.33. The summed E-state index contributed by atoms with van der Waals surface area (Å²) >= 11 is 0. The summed E-state index contributed by atoms with van der Waals surface area (Å²) in [4.78, 5) is 41.8. The van der Waals surface area contributed by atoms with Crippen molar-refractivity contribution >= 4 is 34.8 Å². The number of hydrogen-bond acceptors (Lipinski definition) is 6. The van der Waals surface area contributed by atoms with Crippen LogP contribution in [0.1, 0.15) is 57.9 Å². The van der Waals surface area contributed by atoms with Crippen molar-refractivity contribution in [2.75, 3.05) is 44.7 Å². The number of nitrogens with zero attached hydrogens (tertiary/aromatic N) is 5. The van der Waals surface area contributed by atoms with Crippen LogP contribution in [0.5, 0.6) is 0 Å². The number of amides is 4. The fourth-order valence-electron chi connectivity index (χ4n) is 5.07. The number of urea groups is 1. The number of aromatic nitrogens is 2. The number of ether oxygens (including phenoxy) is 1. The Morgan fingerprint density at radius 1 is 1.19 bits per heavy atom. The van der Waals surface area contributed by atoms with Crippen LogP contribution in [0.25, 0.3) is 10.9 Å². The Morgan fingerprint density at radius 2 is 1.92 bits per heavy atom. The van der Waals surface area contributed by atoms with Crippen LogP contribution in [0.15, 0.2) is 18.2 Å². The van der Waals surface area contributed by atoms with Crippen molar-refractivity contribution in [3.8, 4) is 0 Å². The highest BCUT2D eigenvalue weighted by Crippen LogP contribution is 2.36. The molecule has 2 saturated heterocycles. The summed E-state index contributed by atoms with van der Waals surface area (Å²) in [7, 11) is 3.70. The Labute approximate surface area is 212 Å². The molecule has 0 atom stereocenters. The Kier molecular flexibility index (Phi) is 7.54. The number of imide groups is 1. The number of fused-ring (bicyclic) bond motifs is 1. The highest BCUT2D eigenvalue weighted by Gasteiger charge is 2.30. The van der Waals surface area contributed by atoms with Gasteiger partial charge in [-0.05, 0) is 77.2 Å². The molecule has 0 spiro atoms. The first-order valence-corrected chi connectivity index (χ1v) is 12.8. The molecule has 10 heteroatoms. The fourth-order valence-corrected chi connectivity index (χ4v) is 5.07. The number of carbonyl (C=O) groups is 3. The van der Waals surface area contributed by atoms with Crippen molar-refractivity contribution in [1.29, 1.82) is 0 Å². The molecule has 0 unspecified atom stereocenters. The van der Waals surface area contributed by atoms with Crippen LogP contribution >= 0.6 is 0 Å². The average Bonchev–Trinajstić information content (AvgIpc) is 3.15. The van der Waals surface area contributed by atoms with Gasteiger partial charge in [0.2, 0.25) is 5.91 Å². The molecule has 10 nitrogen and oxygen atoms in total. The molecule has 0 saturated carbocycles. The minimum Gasteiger partial charge on any atom is -0.444 e. The summed E-state index contributed by atoms with van der Waals surface area (Å²) in [6.45, 7) is 9.58. The molecule has 0 bridgehead atoms. The zero-order chi connectivity index (χ0) is 26.0. The predicted molar refractivity (Wildman–Crippen MR) is 138 cm³/mol. The first-order chi connectivity index (χ1) is 17.0. The van der Waals surface area contributed by atoms with Gasteiger partial charge in [0.1, 0.15) is 5.60 Å². The average molecular weight is 499 g/mol. The van der Waals surface area contributed by atoms with E-state index in [4.69, 9.17) is 4.74 Å². The molecule has 1 aromatic carbocycles. The second-order valence-corrected chi connectivity index (χ2v) is 10.8. The third kappa shape index (κ3) is 5.80. The highest BCUT2D eigenvalue weighted by atomic mass is 16.6. The van der Waals surface area contributed by atoms with Crippen LogP contribution in [0, 0.1) is 0 Å². The van der Waals surface area contributed by atoms with E-state index in [1.54, 1.807) is 16.8 Å². The summed E-state index contributed by atoms with van der Waals surface area (Å²) in [5.41, 5.74) is 1.82. The minimum atomic E-state index is -0.482. The Balaban J connectivity index is 1.36. The Morgan fingerprint density at radius 3 is 2.58 bits per heavy atom. The predicted octanol–water partition coefficient (Wildman–Crippen LogP) is 3.46. The van der Waals surface area contributed by atoms with E-state index in [1.165, 1.54) is 5.56 Å². The van der Waals surface area contributed by atoms with E-state index in [-0.39, 0.29) is 18.4 Å². The van der Waals surface area contributed by atoms with Gasteiger partial charge in [0.15, 0.2) is 5.82 Å². The van der Waals surface area contributed by atoms with Crippen molar-refractivity contribution in [1.82, 2.24) is 24.9 Å². The second kappa shape index (κ2) is 10.5. The van der Waals surface area contributed by atoms with Gasteiger partial charge in [-0.3, -0.25) is 19.7 Å². The van der Waals surface area contributed by atoms with Gasteiger partial charge in [0, 0.05) is 39.0 Å². The van der Waals surface area contributed by atoms with Crippen LogP contribution in [0.4, 0.5) is 15.4 Å². The van der Waals surface area contributed by atoms with Gasteiger partial charge in [0.05, 0.1) is 5.52 Å². The molecule has 1 N–H and O–H groups in total. The fraction of sp³-hybridized carbons (Fsp3) is 0.615. The van der Waals surface area contributed by atoms with E-state index in [0.29, 0.717) is 24.8 Å². The Bertz CT molecular complexity index is 1130. The van der Waals surface area contributed by atoms with Crippen molar-refractivity contribution in [3.63, 3.8) is 0 Å². The molecular formula is C26H38N6O4. The van der Waals surface area contributed by atoms with E-state index in [2.05, 4.69) is 21.4 Å². The third-order valence-corrected chi connectivity index (χ3v) is 6.89. The van der Waals surface area contributed by atoms with E-state index < -0.39 is 11.6 Å². The summed E-state index contributed by atoms with van der Waals surface area (Å²) in [6, 6.07) is 5.79. The quantitative estimate of drug-likeness (QED) is 0.655. The minimum absolute atomic E-state index is 0.250. The number of likely N-dealkylation sites (tertiary alicyclic amines) is 1. The van der Waals surface area contributed by atoms with E-state index in [1.807, 2.05) is 44.6 Å². The van der Waals surface area contributed by atoms with E-state index >= 15 is 0 Å². The monoisotopic (exact) mass is 498 g/mol. The molecule has 2 fully saturated rings. The topological polar surface area (TPSA) is 100 Å². The van der Waals surface area contributed by atoms with E-state index in [0.717, 1.165) is 49.8 Å². The zero-order valence-corrected chi connectivity index (χ0v) is 22.0. The number of hydrogen-bond donors (Lipinski definition) is 1. The molecule has 4 rings (SSSR count). The molecule has 2 aromatic rings. The van der Waals surface area contributed by atoms with E-state index in [9.17, 15) is 14.4 Å². The smallest absolute Gasteiger partial charge is 0.410 e. The van der Waals surface area contributed by atoms with Crippen LogP contribution in [0.2, 0.25) is 0 Å². The van der Waals surface area contributed by atoms with Gasteiger partial charge in [-0.25, -0.2) is 9.59 Å². The number of nitrogens with one attached hydrogen (secondary N) is 1. The molecule has 0 aliphatic carbocycles. The second-order valence-electron chi connectivity index (χ2n) is 10.8. The lowest BCUT2D eigenvalue weighted by atomic mass is 9.88. The van der Waals surface area contributed by atoms with Gasteiger partial charge in [-0.15, -0.1) is 0 Å². The van der Waals surface area contributed by atoms with Crippen LogP contribution in [0.3, 0.4) is 0 Å². The standard InChI is InChI=1S/C26H38N6O4/c1-26(2,3)36-25(35)29(4)13-7-14-31-15-10-18(11-16-31)19-8-6-9-20-22(19)30(5)28-23(20)32-17-12-21(33)27-24(32)34/h6,8-9,18H,7,10-17H2,1-5H3,(H,27,33,34). The molecule has 4 amide bonds. The molecule has 0 radical (unpaired) electrons. The van der Waals surface area contributed by atoms with Gasteiger partial charge >= 0.3 is 12.1 Å². The molecular weight excluding hydrogens is 460 g/mol. The summed E-state index contributed by atoms with van der Waals surface area (Å²) in [6.07, 6.45) is 2.98. The third-order valence-electron chi connectivity index (χ3n) is 6.89. The number of para-hydroxylation sites is 1. The highest BCUT2D eigenvalue weighted by molar-refractivity contribution is 6.09. The maximum atomic E-state index is 12.4. The molecule has 2 aliphatic heterocycles. The maximum Gasteiger partial charge on any atom is 0.410 e. The van der Waals surface area contributed by atoms with Crippen LogP contribution in [-0.4, -0.2) is 83.0 Å². The largest absolute Gasteiger partial charge is 0.444 e. The molecule has 36 heavy (non-hydrogen) atoms. The van der Waals surface area contributed by atoms with Crippen molar-refractivity contribution < 1.29 is 19.1 Å². The maximum absolute atomic E-state index is 12.4. The first kappa shape index (κ1) is 25.9. The SMILES string of the molecule is CN(CCCN1CCC(c2cccc3c(N4CCC(=O)NC4=O)nn(C)c23)CC1)C(=O)OC(C)(C)C. The zero-order valence-electron chi connectivity index (χ0n) is 22.0. The van der Waals surface area contributed by atoms with Crippen molar-refractivity contribution in [2.45, 2.75) is 58.0 Å². The summed E-state index contributed by atoms with van der Waals surface area (Å²) in [5.74, 6) is 0.765. The van der Waals surface area contributed by atoms with Crippen LogP contribution < -0.4 is 10.2 Å². The molecule has 196 valence electrons. The number of benzene rings is 1. The van der Waals surface area contributed by atoms with Gasteiger partial charge in [0.25, 0.3) is 0 Å². The first-order valence-electron chi connectivity index (χ1n) is 12.8. The number of anilines is 1. The van der Waals surface area contributed by atoms with Gasteiger partial charge in [-0.2, -0.15) is 5.10 Å². The van der Waals surface area contributed by atoms with Gasteiger partial charge in [-0.1, -0.05) is 12.1 Å². The summed E-state index contributed by atoms with van der Waals surface area (Å²) < 4.78 is 7.29. The Hall–Kier alpha value is -3.14.